The molecule has 0 aromatic heterocycles. The molecule has 0 aromatic carbocycles. The van der Waals surface area contributed by atoms with Crippen LogP contribution in [0.1, 0.15) is 25.7 Å². The molecule has 1 amide bonds. The van der Waals surface area contributed by atoms with Gasteiger partial charge in [-0.25, -0.2) is 0 Å². The zero-order chi connectivity index (χ0) is 11.8. The van der Waals surface area contributed by atoms with Crippen molar-refractivity contribution >= 4 is 11.7 Å². The lowest BCUT2D eigenvalue weighted by Gasteiger charge is -2.25. The van der Waals surface area contributed by atoms with Crippen LogP contribution in [0.15, 0.2) is 12.7 Å². The van der Waals surface area contributed by atoms with Gasteiger partial charge in [0.05, 0.1) is 0 Å². The molecular formula is C12H20N2O2. The van der Waals surface area contributed by atoms with E-state index in [0.717, 1.165) is 26.1 Å². The normalized spacial score (nSPS) is 17.1. The monoisotopic (exact) mass is 224 g/mol. The molecule has 4 heteroatoms. The summed E-state index contributed by atoms with van der Waals surface area (Å²) >= 11 is 0. The highest BCUT2D eigenvalue weighted by Crippen LogP contribution is 2.04. The summed E-state index contributed by atoms with van der Waals surface area (Å²) in [5.74, 6) is 0.430. The van der Waals surface area contributed by atoms with E-state index in [-0.39, 0.29) is 5.91 Å². The van der Waals surface area contributed by atoms with E-state index in [9.17, 15) is 9.59 Å². The molecule has 0 bridgehead atoms. The summed E-state index contributed by atoms with van der Waals surface area (Å²) in [5.41, 5.74) is 0. The Hall–Kier alpha value is -1.16. The molecular weight excluding hydrogens is 204 g/mol. The van der Waals surface area contributed by atoms with Crippen molar-refractivity contribution in [3.63, 3.8) is 0 Å². The number of carbonyl (C=O) groups excluding carboxylic acids is 2. The largest absolute Gasteiger partial charge is 0.355 e. The summed E-state index contributed by atoms with van der Waals surface area (Å²) in [7, 11) is 0. The molecule has 0 aromatic rings. The second-order valence-electron chi connectivity index (χ2n) is 4.06. The minimum atomic E-state index is 0.0768. The number of carbonyl (C=O) groups is 2. The second kappa shape index (κ2) is 7.17. The molecule has 1 aliphatic heterocycles. The van der Waals surface area contributed by atoms with Crippen molar-refractivity contribution in [3.8, 4) is 0 Å². The van der Waals surface area contributed by atoms with Gasteiger partial charge in [0, 0.05) is 45.4 Å². The fourth-order valence-electron chi connectivity index (χ4n) is 1.70. The molecule has 0 atom stereocenters. The standard InChI is InChI=1S/C12H20N2O2/c1-2-3-4-12(16)13-7-10-14-8-5-11(15)6-9-14/h2H,1,3-10H2,(H,13,16). The van der Waals surface area contributed by atoms with Gasteiger partial charge in [-0.3, -0.25) is 9.59 Å². The van der Waals surface area contributed by atoms with Crippen molar-refractivity contribution in [2.24, 2.45) is 0 Å². The van der Waals surface area contributed by atoms with Crippen LogP contribution < -0.4 is 5.32 Å². The molecule has 90 valence electrons. The SMILES string of the molecule is C=CCCC(=O)NCCN1CCC(=O)CC1. The van der Waals surface area contributed by atoms with Crippen molar-refractivity contribution in [2.45, 2.75) is 25.7 Å². The van der Waals surface area contributed by atoms with Gasteiger partial charge in [-0.1, -0.05) is 6.08 Å². The molecule has 0 saturated carbocycles. The Kier molecular flexibility index (Phi) is 5.78. The van der Waals surface area contributed by atoms with Crippen molar-refractivity contribution in [1.82, 2.24) is 10.2 Å². The number of rotatable bonds is 6. The van der Waals surface area contributed by atoms with E-state index in [1.165, 1.54) is 0 Å². The van der Waals surface area contributed by atoms with Crippen LogP contribution in [-0.2, 0) is 9.59 Å². The number of ketones is 1. The maximum atomic E-state index is 11.3. The van der Waals surface area contributed by atoms with Crippen LogP contribution in [0.2, 0.25) is 0 Å². The second-order valence-corrected chi connectivity index (χ2v) is 4.06. The first-order valence-electron chi connectivity index (χ1n) is 5.84. The van der Waals surface area contributed by atoms with Gasteiger partial charge in [0.15, 0.2) is 0 Å². The molecule has 0 radical (unpaired) electrons. The predicted octanol–water partition coefficient (Wildman–Crippen LogP) is 0.734. The maximum Gasteiger partial charge on any atom is 0.220 e. The molecule has 1 saturated heterocycles. The fourth-order valence-corrected chi connectivity index (χ4v) is 1.70. The highest BCUT2D eigenvalue weighted by atomic mass is 16.1. The van der Waals surface area contributed by atoms with Crippen LogP contribution in [0, 0.1) is 0 Å². The number of allylic oxidation sites excluding steroid dienone is 1. The number of amides is 1. The van der Waals surface area contributed by atoms with Crippen LogP contribution in [0.5, 0.6) is 0 Å². The number of hydrogen-bond donors (Lipinski definition) is 1. The zero-order valence-corrected chi connectivity index (χ0v) is 9.71. The van der Waals surface area contributed by atoms with Gasteiger partial charge < -0.3 is 10.2 Å². The number of Topliss-reactive ketones (excluding diaryl/α,β-unsaturated/α-hetero) is 1. The van der Waals surface area contributed by atoms with E-state index in [1.807, 2.05) is 0 Å². The average Bonchev–Trinajstić information content (AvgIpc) is 2.29. The number of likely N-dealkylation sites (tertiary alicyclic amines) is 1. The summed E-state index contributed by atoms with van der Waals surface area (Å²) in [4.78, 5) is 24.5. The lowest BCUT2D eigenvalue weighted by atomic mass is 10.1. The van der Waals surface area contributed by atoms with Crippen LogP contribution in [0.25, 0.3) is 0 Å². The van der Waals surface area contributed by atoms with Gasteiger partial charge in [-0.15, -0.1) is 6.58 Å². The topological polar surface area (TPSA) is 49.4 Å². The molecule has 1 N–H and O–H groups in total. The Bertz CT molecular complexity index is 254. The quantitative estimate of drug-likeness (QED) is 0.677. The molecule has 4 nitrogen and oxygen atoms in total. The van der Waals surface area contributed by atoms with Gasteiger partial charge >= 0.3 is 0 Å². The lowest BCUT2D eigenvalue weighted by Crippen LogP contribution is -2.39. The average molecular weight is 224 g/mol. The van der Waals surface area contributed by atoms with Crippen molar-refractivity contribution in [1.29, 1.82) is 0 Å². The number of piperidine rings is 1. The lowest BCUT2D eigenvalue weighted by molar-refractivity contribution is -0.122. The molecule has 1 fully saturated rings. The Balaban J connectivity index is 2.04. The first-order chi connectivity index (χ1) is 7.72. The zero-order valence-electron chi connectivity index (χ0n) is 9.71. The highest BCUT2D eigenvalue weighted by molar-refractivity contribution is 5.79. The number of hydrogen-bond acceptors (Lipinski definition) is 3. The van der Waals surface area contributed by atoms with Gasteiger partial charge in [-0.2, -0.15) is 0 Å². The van der Waals surface area contributed by atoms with Crippen LogP contribution in [-0.4, -0.2) is 42.8 Å². The van der Waals surface area contributed by atoms with E-state index < -0.39 is 0 Å². The highest BCUT2D eigenvalue weighted by Gasteiger charge is 2.15. The summed E-state index contributed by atoms with van der Waals surface area (Å²) in [6.45, 7) is 6.75. The third-order valence-corrected chi connectivity index (χ3v) is 2.74. The van der Waals surface area contributed by atoms with E-state index in [0.29, 0.717) is 31.6 Å². The third kappa shape index (κ3) is 5.07. The first-order valence-corrected chi connectivity index (χ1v) is 5.84. The molecule has 0 unspecified atom stereocenters. The van der Waals surface area contributed by atoms with Crippen molar-refractivity contribution in [3.05, 3.63) is 12.7 Å². The number of nitrogens with zero attached hydrogens (tertiary/aromatic N) is 1. The summed E-state index contributed by atoms with van der Waals surface area (Å²) in [6.07, 6.45) is 4.30. The van der Waals surface area contributed by atoms with Gasteiger partial charge in [0.2, 0.25) is 5.91 Å². The molecule has 1 heterocycles. The van der Waals surface area contributed by atoms with Gasteiger partial charge in [0.1, 0.15) is 5.78 Å². The fraction of sp³-hybridized carbons (Fsp3) is 0.667. The Labute approximate surface area is 96.7 Å². The first kappa shape index (κ1) is 12.9. The van der Waals surface area contributed by atoms with Crippen LogP contribution in [0.4, 0.5) is 0 Å². The third-order valence-electron chi connectivity index (χ3n) is 2.74. The molecule has 1 rings (SSSR count). The smallest absolute Gasteiger partial charge is 0.220 e. The Morgan fingerprint density at radius 2 is 2.12 bits per heavy atom. The minimum absolute atomic E-state index is 0.0768. The Morgan fingerprint density at radius 1 is 1.44 bits per heavy atom. The summed E-state index contributed by atoms with van der Waals surface area (Å²) in [5, 5.41) is 2.86. The van der Waals surface area contributed by atoms with Crippen molar-refractivity contribution < 1.29 is 9.59 Å². The van der Waals surface area contributed by atoms with Gasteiger partial charge in [-0.05, 0) is 6.42 Å². The number of nitrogens with one attached hydrogen (secondary N) is 1. The van der Waals surface area contributed by atoms with E-state index in [2.05, 4.69) is 16.8 Å². The molecule has 0 spiro atoms. The van der Waals surface area contributed by atoms with E-state index >= 15 is 0 Å². The maximum absolute atomic E-state index is 11.3. The molecule has 16 heavy (non-hydrogen) atoms. The van der Waals surface area contributed by atoms with Gasteiger partial charge in [0.25, 0.3) is 0 Å². The van der Waals surface area contributed by atoms with E-state index in [4.69, 9.17) is 0 Å². The molecule has 0 aliphatic carbocycles. The van der Waals surface area contributed by atoms with Crippen molar-refractivity contribution in [2.75, 3.05) is 26.2 Å². The van der Waals surface area contributed by atoms with Crippen LogP contribution >= 0.6 is 0 Å². The van der Waals surface area contributed by atoms with E-state index in [1.54, 1.807) is 6.08 Å². The summed E-state index contributed by atoms with van der Waals surface area (Å²) in [6, 6.07) is 0. The minimum Gasteiger partial charge on any atom is -0.355 e. The molecule has 1 aliphatic rings. The summed E-state index contributed by atoms with van der Waals surface area (Å²) < 4.78 is 0. The van der Waals surface area contributed by atoms with Crippen LogP contribution in [0.3, 0.4) is 0 Å². The Morgan fingerprint density at radius 3 is 2.75 bits per heavy atom. The predicted molar refractivity (Wildman–Crippen MR) is 63.1 cm³/mol.